The Morgan fingerprint density at radius 3 is 2.47 bits per heavy atom. The molecule has 0 spiro atoms. The van der Waals surface area contributed by atoms with Crippen LogP contribution >= 0.6 is 0 Å². The molecule has 0 fully saturated rings. The lowest BCUT2D eigenvalue weighted by atomic mass is 10.1. The van der Waals surface area contributed by atoms with Gasteiger partial charge in [0.1, 0.15) is 5.82 Å². The van der Waals surface area contributed by atoms with Gasteiger partial charge in [-0.05, 0) is 19.9 Å². The molecule has 1 aromatic heterocycles. The molecule has 0 radical (unpaired) electrons. The van der Waals surface area contributed by atoms with Gasteiger partial charge in [0.2, 0.25) is 0 Å². The molecule has 0 aromatic carbocycles. The Bertz CT molecular complexity index is 282. The minimum absolute atomic E-state index is 0.228. The van der Waals surface area contributed by atoms with Gasteiger partial charge in [-0.15, -0.1) is 0 Å². The fourth-order valence-electron chi connectivity index (χ4n) is 1.47. The first-order chi connectivity index (χ1) is 7.22. The van der Waals surface area contributed by atoms with E-state index in [1.54, 1.807) is 6.20 Å². The fraction of sp³-hybridized carbons (Fsp3) is 0.545. The summed E-state index contributed by atoms with van der Waals surface area (Å²) in [4.78, 5) is 6.45. The van der Waals surface area contributed by atoms with Crippen molar-refractivity contribution in [3.05, 3.63) is 23.9 Å². The van der Waals surface area contributed by atoms with E-state index in [2.05, 4.69) is 23.7 Å². The Balaban J connectivity index is 2.79. The van der Waals surface area contributed by atoms with Gasteiger partial charge in [0, 0.05) is 31.4 Å². The molecule has 0 bridgehead atoms. The van der Waals surface area contributed by atoms with Gasteiger partial charge in [-0.25, -0.2) is 4.98 Å². The molecule has 0 aliphatic rings. The highest BCUT2D eigenvalue weighted by atomic mass is 16.3. The molecule has 3 N–H and O–H groups in total. The van der Waals surface area contributed by atoms with Crippen molar-refractivity contribution in [2.75, 3.05) is 24.5 Å². The minimum Gasteiger partial charge on any atom is -0.387 e. The normalized spacial score (nSPS) is 12.5. The van der Waals surface area contributed by atoms with Gasteiger partial charge in [-0.3, -0.25) is 0 Å². The van der Waals surface area contributed by atoms with Crippen LogP contribution in [0.25, 0.3) is 0 Å². The smallest absolute Gasteiger partial charge is 0.128 e. The molecule has 1 heterocycles. The Labute approximate surface area is 90.7 Å². The summed E-state index contributed by atoms with van der Waals surface area (Å²) in [5.74, 6) is 0.938. The zero-order chi connectivity index (χ0) is 11.3. The van der Waals surface area contributed by atoms with Crippen LogP contribution in [0.15, 0.2) is 18.3 Å². The molecule has 15 heavy (non-hydrogen) atoms. The van der Waals surface area contributed by atoms with E-state index in [1.807, 2.05) is 12.1 Å². The summed E-state index contributed by atoms with van der Waals surface area (Å²) in [6.07, 6.45) is 1.08. The van der Waals surface area contributed by atoms with Crippen LogP contribution in [0.4, 0.5) is 5.82 Å². The van der Waals surface area contributed by atoms with Crippen LogP contribution in [0.2, 0.25) is 0 Å². The third kappa shape index (κ3) is 2.91. The van der Waals surface area contributed by atoms with Crippen LogP contribution in [-0.2, 0) is 0 Å². The lowest BCUT2D eigenvalue weighted by molar-refractivity contribution is 0.186. The standard InChI is InChI=1S/C11H19N3O/c1-3-14(4-2)11-6-5-9(8-13-11)10(15)7-12/h5-6,8,10,15H,3-4,7,12H2,1-2H3. The van der Waals surface area contributed by atoms with Gasteiger partial charge in [0.05, 0.1) is 6.10 Å². The molecule has 0 saturated heterocycles. The number of hydrogen-bond donors (Lipinski definition) is 2. The highest BCUT2D eigenvalue weighted by Gasteiger charge is 2.07. The van der Waals surface area contributed by atoms with Crippen LogP contribution < -0.4 is 10.6 Å². The van der Waals surface area contributed by atoms with Crippen molar-refractivity contribution in [3.8, 4) is 0 Å². The van der Waals surface area contributed by atoms with Crippen LogP contribution in [0, 0.1) is 0 Å². The Morgan fingerprint density at radius 2 is 2.07 bits per heavy atom. The molecule has 0 amide bonds. The third-order valence-electron chi connectivity index (χ3n) is 2.47. The third-order valence-corrected chi connectivity index (χ3v) is 2.47. The van der Waals surface area contributed by atoms with Crippen molar-refractivity contribution in [2.45, 2.75) is 20.0 Å². The number of aliphatic hydroxyl groups is 1. The largest absolute Gasteiger partial charge is 0.387 e. The van der Waals surface area contributed by atoms with E-state index in [9.17, 15) is 5.11 Å². The van der Waals surface area contributed by atoms with Gasteiger partial charge in [-0.2, -0.15) is 0 Å². The quantitative estimate of drug-likeness (QED) is 0.757. The molecule has 0 aliphatic carbocycles. The predicted molar refractivity (Wildman–Crippen MR) is 61.8 cm³/mol. The number of aromatic nitrogens is 1. The molecule has 4 heteroatoms. The van der Waals surface area contributed by atoms with Crippen LogP contribution in [-0.4, -0.2) is 29.7 Å². The summed E-state index contributed by atoms with van der Waals surface area (Å²) in [7, 11) is 0. The van der Waals surface area contributed by atoms with E-state index >= 15 is 0 Å². The monoisotopic (exact) mass is 209 g/mol. The molecular weight excluding hydrogens is 190 g/mol. The maximum absolute atomic E-state index is 9.49. The van der Waals surface area contributed by atoms with Crippen LogP contribution in [0.1, 0.15) is 25.5 Å². The van der Waals surface area contributed by atoms with Gasteiger partial charge in [0.15, 0.2) is 0 Å². The number of aliphatic hydroxyl groups excluding tert-OH is 1. The number of nitrogens with zero attached hydrogens (tertiary/aromatic N) is 2. The second-order valence-corrected chi connectivity index (χ2v) is 3.37. The summed E-state index contributed by atoms with van der Waals surface area (Å²) in [6, 6.07) is 3.79. The van der Waals surface area contributed by atoms with Crippen LogP contribution in [0.5, 0.6) is 0 Å². The highest BCUT2D eigenvalue weighted by Crippen LogP contribution is 2.15. The second kappa shape index (κ2) is 5.68. The molecular formula is C11H19N3O. The SMILES string of the molecule is CCN(CC)c1ccc(C(O)CN)cn1. The molecule has 1 unspecified atom stereocenters. The minimum atomic E-state index is -0.608. The van der Waals surface area contributed by atoms with E-state index in [4.69, 9.17) is 5.73 Å². The maximum atomic E-state index is 9.49. The molecule has 1 atom stereocenters. The van der Waals surface area contributed by atoms with E-state index in [0.717, 1.165) is 24.5 Å². The van der Waals surface area contributed by atoms with Crippen molar-refractivity contribution >= 4 is 5.82 Å². The van der Waals surface area contributed by atoms with Gasteiger partial charge < -0.3 is 15.7 Å². The maximum Gasteiger partial charge on any atom is 0.128 e. The number of rotatable bonds is 5. The van der Waals surface area contributed by atoms with E-state index in [-0.39, 0.29) is 6.54 Å². The van der Waals surface area contributed by atoms with Crippen molar-refractivity contribution in [3.63, 3.8) is 0 Å². The topological polar surface area (TPSA) is 62.4 Å². The van der Waals surface area contributed by atoms with Crippen LogP contribution in [0.3, 0.4) is 0 Å². The highest BCUT2D eigenvalue weighted by molar-refractivity contribution is 5.39. The fourth-order valence-corrected chi connectivity index (χ4v) is 1.47. The van der Waals surface area contributed by atoms with Gasteiger partial charge in [0.25, 0.3) is 0 Å². The molecule has 4 nitrogen and oxygen atoms in total. The van der Waals surface area contributed by atoms with E-state index in [0.29, 0.717) is 0 Å². The molecule has 0 saturated carbocycles. The number of pyridine rings is 1. The summed E-state index contributed by atoms with van der Waals surface area (Å²) >= 11 is 0. The Hall–Kier alpha value is -1.13. The summed E-state index contributed by atoms with van der Waals surface area (Å²) < 4.78 is 0. The number of anilines is 1. The lowest BCUT2D eigenvalue weighted by Gasteiger charge is -2.20. The Kier molecular flexibility index (Phi) is 4.52. The first kappa shape index (κ1) is 11.9. The molecule has 1 aromatic rings. The summed E-state index contributed by atoms with van der Waals surface area (Å²) in [5.41, 5.74) is 6.14. The van der Waals surface area contributed by atoms with E-state index in [1.165, 1.54) is 0 Å². The van der Waals surface area contributed by atoms with Crippen molar-refractivity contribution in [1.29, 1.82) is 0 Å². The van der Waals surface area contributed by atoms with Crippen molar-refractivity contribution in [2.24, 2.45) is 5.73 Å². The van der Waals surface area contributed by atoms with Gasteiger partial charge in [-0.1, -0.05) is 6.07 Å². The van der Waals surface area contributed by atoms with E-state index < -0.39 is 6.10 Å². The Morgan fingerprint density at radius 1 is 1.40 bits per heavy atom. The lowest BCUT2D eigenvalue weighted by Crippen LogP contribution is -2.23. The van der Waals surface area contributed by atoms with Crippen molar-refractivity contribution < 1.29 is 5.11 Å². The predicted octanol–water partition coefficient (Wildman–Crippen LogP) is 0.920. The average molecular weight is 209 g/mol. The number of nitrogens with two attached hydrogens (primary N) is 1. The molecule has 0 aliphatic heterocycles. The zero-order valence-electron chi connectivity index (χ0n) is 9.35. The summed E-state index contributed by atoms with van der Waals surface area (Å²) in [6.45, 7) is 6.28. The zero-order valence-corrected chi connectivity index (χ0v) is 9.35. The average Bonchev–Trinajstić information content (AvgIpc) is 2.30. The number of hydrogen-bond acceptors (Lipinski definition) is 4. The molecule has 1 rings (SSSR count). The first-order valence-electron chi connectivity index (χ1n) is 5.31. The first-order valence-corrected chi connectivity index (χ1v) is 5.31. The second-order valence-electron chi connectivity index (χ2n) is 3.37. The summed E-state index contributed by atoms with van der Waals surface area (Å²) in [5, 5.41) is 9.49. The van der Waals surface area contributed by atoms with Gasteiger partial charge >= 0.3 is 0 Å². The molecule has 84 valence electrons. The van der Waals surface area contributed by atoms with Crippen molar-refractivity contribution in [1.82, 2.24) is 4.98 Å².